The number of rotatable bonds is 7. The Kier molecular flexibility index (Phi) is 7.30. The number of hydrogen-bond acceptors (Lipinski definition) is 4. The Hall–Kier alpha value is -3.61. The van der Waals surface area contributed by atoms with Gasteiger partial charge in [-0.05, 0) is 66.9 Å². The van der Waals surface area contributed by atoms with E-state index in [9.17, 15) is 14.0 Å². The number of halogens is 1. The fraction of sp³-hybridized carbons (Fsp3) is 0.333. The van der Waals surface area contributed by atoms with Crippen molar-refractivity contribution in [3.05, 3.63) is 83.6 Å². The topological polar surface area (TPSA) is 65.8 Å². The summed E-state index contributed by atoms with van der Waals surface area (Å²) in [6.07, 6.45) is 6.60. The van der Waals surface area contributed by atoms with Gasteiger partial charge in [-0.25, -0.2) is 4.39 Å². The molecule has 2 amide bonds. The van der Waals surface area contributed by atoms with E-state index in [1.165, 1.54) is 18.4 Å². The summed E-state index contributed by atoms with van der Waals surface area (Å²) in [5, 5.41) is 2.87. The number of amides is 2. The minimum Gasteiger partial charge on any atom is -0.459 e. The van der Waals surface area contributed by atoms with Crippen molar-refractivity contribution < 1.29 is 18.4 Å². The highest BCUT2D eigenvalue weighted by Crippen LogP contribution is 2.30. The largest absolute Gasteiger partial charge is 0.459 e. The van der Waals surface area contributed by atoms with Crippen LogP contribution in [0, 0.1) is 5.82 Å². The van der Waals surface area contributed by atoms with E-state index in [0.29, 0.717) is 17.8 Å². The van der Waals surface area contributed by atoms with Gasteiger partial charge in [0.05, 0.1) is 6.26 Å². The summed E-state index contributed by atoms with van der Waals surface area (Å²) in [7, 11) is 3.89. The summed E-state index contributed by atoms with van der Waals surface area (Å²) in [6.45, 7) is 0.359. The van der Waals surface area contributed by atoms with E-state index in [0.717, 1.165) is 43.4 Å². The summed E-state index contributed by atoms with van der Waals surface area (Å²) in [5.74, 6) is -0.718. The highest BCUT2D eigenvalue weighted by Gasteiger charge is 2.28. The molecule has 0 bridgehead atoms. The van der Waals surface area contributed by atoms with Gasteiger partial charge >= 0.3 is 0 Å². The first-order valence-corrected chi connectivity index (χ1v) is 11.6. The second kappa shape index (κ2) is 10.5. The fourth-order valence-electron chi connectivity index (χ4n) is 4.56. The lowest BCUT2D eigenvalue weighted by atomic mass is 9.93. The van der Waals surface area contributed by atoms with Crippen LogP contribution in [-0.2, 0) is 6.54 Å². The molecular weight excluding hydrogens is 433 g/mol. The lowest BCUT2D eigenvalue weighted by Gasteiger charge is -2.35. The second-order valence-electron chi connectivity index (χ2n) is 8.90. The van der Waals surface area contributed by atoms with Crippen LogP contribution in [0.2, 0.25) is 0 Å². The van der Waals surface area contributed by atoms with Crippen molar-refractivity contribution in [2.24, 2.45) is 0 Å². The lowest BCUT2D eigenvalue weighted by molar-refractivity contribution is 0.0614. The van der Waals surface area contributed by atoms with Crippen molar-refractivity contribution in [1.82, 2.24) is 4.90 Å². The van der Waals surface area contributed by atoms with Gasteiger partial charge in [-0.3, -0.25) is 9.59 Å². The van der Waals surface area contributed by atoms with E-state index in [-0.39, 0.29) is 23.6 Å². The molecule has 34 heavy (non-hydrogen) atoms. The van der Waals surface area contributed by atoms with Crippen LogP contribution < -0.4 is 10.2 Å². The van der Waals surface area contributed by atoms with Crippen LogP contribution >= 0.6 is 0 Å². The average Bonchev–Trinajstić information content (AvgIpc) is 3.38. The summed E-state index contributed by atoms with van der Waals surface area (Å²) in [5.41, 5.74) is 2.81. The van der Waals surface area contributed by atoms with Gasteiger partial charge in [-0.2, -0.15) is 0 Å². The highest BCUT2D eigenvalue weighted by atomic mass is 19.1. The van der Waals surface area contributed by atoms with Crippen LogP contribution in [-0.4, -0.2) is 36.9 Å². The fourth-order valence-corrected chi connectivity index (χ4v) is 4.56. The van der Waals surface area contributed by atoms with E-state index < -0.39 is 5.82 Å². The average molecular weight is 464 g/mol. The molecule has 0 saturated heterocycles. The number of carbonyl (C=O) groups excluding carboxylic acids is 2. The van der Waals surface area contributed by atoms with Gasteiger partial charge in [0.1, 0.15) is 5.82 Å². The Morgan fingerprint density at radius 2 is 1.82 bits per heavy atom. The number of carbonyl (C=O) groups is 2. The Morgan fingerprint density at radius 3 is 2.50 bits per heavy atom. The third-order valence-corrected chi connectivity index (χ3v) is 6.25. The first-order chi connectivity index (χ1) is 16.4. The van der Waals surface area contributed by atoms with Gasteiger partial charge in [-0.1, -0.05) is 25.3 Å². The summed E-state index contributed by atoms with van der Waals surface area (Å²) < 4.78 is 19.1. The Balaban J connectivity index is 1.65. The van der Waals surface area contributed by atoms with Crippen molar-refractivity contribution in [3.63, 3.8) is 0 Å². The van der Waals surface area contributed by atoms with Crippen LogP contribution in [0.5, 0.6) is 0 Å². The monoisotopic (exact) mass is 463 g/mol. The zero-order valence-corrected chi connectivity index (χ0v) is 19.6. The molecule has 4 rings (SSSR count). The molecule has 178 valence electrons. The number of furan rings is 1. The van der Waals surface area contributed by atoms with Crippen LogP contribution in [0.15, 0.2) is 65.3 Å². The number of nitrogens with zero attached hydrogens (tertiary/aromatic N) is 2. The molecule has 0 unspecified atom stereocenters. The zero-order valence-electron chi connectivity index (χ0n) is 19.6. The third kappa shape index (κ3) is 5.47. The van der Waals surface area contributed by atoms with Gasteiger partial charge in [0.15, 0.2) is 5.76 Å². The summed E-state index contributed by atoms with van der Waals surface area (Å²) >= 11 is 0. The Bertz CT molecular complexity index is 1140. The maximum atomic E-state index is 13.9. The second-order valence-corrected chi connectivity index (χ2v) is 8.90. The van der Waals surface area contributed by atoms with Crippen molar-refractivity contribution in [1.29, 1.82) is 0 Å². The van der Waals surface area contributed by atoms with Crippen molar-refractivity contribution in [2.45, 2.75) is 44.7 Å². The van der Waals surface area contributed by atoms with E-state index in [1.54, 1.807) is 24.3 Å². The van der Waals surface area contributed by atoms with Crippen LogP contribution in [0.1, 0.15) is 58.6 Å². The van der Waals surface area contributed by atoms with E-state index in [1.807, 2.05) is 42.1 Å². The van der Waals surface area contributed by atoms with Gasteiger partial charge in [0.25, 0.3) is 11.8 Å². The minimum absolute atomic E-state index is 0.0842. The molecule has 0 spiro atoms. The predicted molar refractivity (Wildman–Crippen MR) is 131 cm³/mol. The molecule has 1 saturated carbocycles. The molecule has 6 nitrogen and oxygen atoms in total. The molecular formula is C27H30FN3O3. The molecule has 0 radical (unpaired) electrons. The van der Waals surface area contributed by atoms with Gasteiger partial charge < -0.3 is 19.5 Å². The number of benzene rings is 2. The van der Waals surface area contributed by atoms with Gasteiger partial charge in [-0.15, -0.1) is 0 Å². The SMILES string of the molecule is CN(C)c1ccc(NC(=O)c2ccco2)cc1CN(C(=O)c1cccc(F)c1)C1CCCCC1. The Morgan fingerprint density at radius 1 is 1.03 bits per heavy atom. The third-order valence-electron chi connectivity index (χ3n) is 6.25. The predicted octanol–water partition coefficient (Wildman–Crippen LogP) is 5.71. The molecule has 0 atom stereocenters. The molecule has 7 heteroatoms. The maximum absolute atomic E-state index is 13.9. The van der Waals surface area contributed by atoms with E-state index in [4.69, 9.17) is 4.42 Å². The number of nitrogens with one attached hydrogen (secondary N) is 1. The molecule has 0 aliphatic heterocycles. The number of anilines is 2. The normalized spacial score (nSPS) is 14.0. The standard InChI is InChI=1S/C27H30FN3O3/c1-30(2)24-14-13-22(29-26(32)25-12-7-15-34-25)17-20(24)18-31(23-10-4-3-5-11-23)27(33)19-8-6-9-21(28)16-19/h6-9,12-17,23H,3-5,10-11,18H2,1-2H3,(H,29,32). The van der Waals surface area contributed by atoms with E-state index in [2.05, 4.69) is 5.32 Å². The van der Waals surface area contributed by atoms with Gasteiger partial charge in [0.2, 0.25) is 0 Å². The highest BCUT2D eigenvalue weighted by molar-refractivity contribution is 6.02. The van der Waals surface area contributed by atoms with Crippen molar-refractivity contribution in [3.8, 4) is 0 Å². The number of hydrogen-bond donors (Lipinski definition) is 1. The molecule has 3 aromatic rings. The smallest absolute Gasteiger partial charge is 0.291 e. The van der Waals surface area contributed by atoms with Gasteiger partial charge in [0, 0.05) is 43.6 Å². The van der Waals surface area contributed by atoms with Crippen molar-refractivity contribution >= 4 is 23.2 Å². The molecule has 1 fully saturated rings. The summed E-state index contributed by atoms with van der Waals surface area (Å²) in [4.78, 5) is 29.9. The first-order valence-electron chi connectivity index (χ1n) is 11.6. The molecule has 1 aromatic heterocycles. The van der Waals surface area contributed by atoms with Crippen LogP contribution in [0.4, 0.5) is 15.8 Å². The molecule has 1 aliphatic carbocycles. The summed E-state index contributed by atoms with van der Waals surface area (Å²) in [6, 6.07) is 14.9. The van der Waals surface area contributed by atoms with Crippen LogP contribution in [0.3, 0.4) is 0 Å². The quantitative estimate of drug-likeness (QED) is 0.487. The Labute approximate surface area is 199 Å². The van der Waals surface area contributed by atoms with E-state index >= 15 is 0 Å². The molecule has 1 N–H and O–H groups in total. The zero-order chi connectivity index (χ0) is 24.1. The molecule has 2 aromatic carbocycles. The minimum atomic E-state index is -0.425. The van der Waals surface area contributed by atoms with Crippen LogP contribution in [0.25, 0.3) is 0 Å². The molecule has 1 aliphatic rings. The first kappa shape index (κ1) is 23.5. The molecule has 1 heterocycles. The maximum Gasteiger partial charge on any atom is 0.291 e. The van der Waals surface area contributed by atoms with Crippen molar-refractivity contribution in [2.75, 3.05) is 24.3 Å². The lowest BCUT2D eigenvalue weighted by Crippen LogP contribution is -2.41.